The van der Waals surface area contributed by atoms with E-state index in [4.69, 9.17) is 4.74 Å². The van der Waals surface area contributed by atoms with E-state index >= 15 is 0 Å². The summed E-state index contributed by atoms with van der Waals surface area (Å²) in [6, 6.07) is 2.80. The molecular weight excluding hydrogens is 404 g/mol. The van der Waals surface area contributed by atoms with E-state index in [9.17, 15) is 19.5 Å². The highest BCUT2D eigenvalue weighted by molar-refractivity contribution is 5.81. The number of pyridine rings is 1. The summed E-state index contributed by atoms with van der Waals surface area (Å²) >= 11 is 0. The van der Waals surface area contributed by atoms with Crippen LogP contribution in [-0.2, 0) is 14.3 Å². The van der Waals surface area contributed by atoms with E-state index in [1.807, 2.05) is 0 Å². The second-order valence-corrected chi connectivity index (χ2v) is 7.40. The van der Waals surface area contributed by atoms with Crippen molar-refractivity contribution < 1.29 is 24.2 Å². The first-order valence-corrected chi connectivity index (χ1v) is 10.4. The molecule has 2 amide bonds. The van der Waals surface area contributed by atoms with E-state index in [1.54, 1.807) is 29.4 Å². The van der Waals surface area contributed by atoms with Crippen LogP contribution in [0.4, 0.5) is 4.79 Å². The lowest BCUT2D eigenvalue weighted by molar-refractivity contribution is -0.138. The number of aliphatic carboxylic acids is 1. The van der Waals surface area contributed by atoms with Gasteiger partial charge in [-0.15, -0.1) is 0 Å². The number of hydrogen-bond acceptors (Lipinski definition) is 8. The van der Waals surface area contributed by atoms with Gasteiger partial charge in [0, 0.05) is 37.9 Å². The van der Waals surface area contributed by atoms with Gasteiger partial charge in [0.1, 0.15) is 6.61 Å². The largest absolute Gasteiger partial charge is 0.481 e. The maximum Gasteiger partial charge on any atom is 0.409 e. The fraction of sp³-hybridized carbons (Fsp3) is 0.550. The van der Waals surface area contributed by atoms with Crippen LogP contribution in [0.15, 0.2) is 29.5 Å². The summed E-state index contributed by atoms with van der Waals surface area (Å²) < 4.78 is 5.27. The standard InChI is InChI=1S/C20H28N6O5/c27-17(28)12-16(15-2-1-5-21-13-15)25-18(29)14-3-9-26(10-4-14)20(30)31-11-8-24-19-22-6-7-23-19/h1-2,5,13-14,16H,3-4,6-12H2,(H,25,29)(H,27,28)(H2,22,23,24)/t16-/m0/s1. The molecule has 1 fully saturated rings. The zero-order valence-corrected chi connectivity index (χ0v) is 17.2. The van der Waals surface area contributed by atoms with E-state index in [0.717, 1.165) is 19.0 Å². The van der Waals surface area contributed by atoms with Crippen LogP contribution < -0.4 is 16.0 Å². The predicted molar refractivity (Wildman–Crippen MR) is 111 cm³/mol. The van der Waals surface area contributed by atoms with Crippen LogP contribution in [0.5, 0.6) is 0 Å². The van der Waals surface area contributed by atoms with E-state index in [-0.39, 0.29) is 24.9 Å². The van der Waals surface area contributed by atoms with Gasteiger partial charge < -0.3 is 30.7 Å². The molecule has 11 heteroatoms. The first kappa shape index (κ1) is 22.3. The lowest BCUT2D eigenvalue weighted by Crippen LogP contribution is -2.44. The minimum atomic E-state index is -1.00. The summed E-state index contributed by atoms with van der Waals surface area (Å²) in [5, 5.41) is 18.1. The second kappa shape index (κ2) is 11.1. The van der Waals surface area contributed by atoms with Gasteiger partial charge >= 0.3 is 12.1 Å². The normalized spacial score (nSPS) is 17.3. The molecule has 0 unspecified atom stereocenters. The average Bonchev–Trinajstić information content (AvgIpc) is 3.30. The molecule has 1 aromatic rings. The van der Waals surface area contributed by atoms with Crippen molar-refractivity contribution in [2.45, 2.75) is 25.3 Å². The monoisotopic (exact) mass is 432 g/mol. The Labute approximate surface area is 180 Å². The topological polar surface area (TPSA) is 145 Å². The number of nitrogens with zero attached hydrogens (tertiary/aromatic N) is 3. The highest BCUT2D eigenvalue weighted by Gasteiger charge is 2.30. The summed E-state index contributed by atoms with van der Waals surface area (Å²) in [7, 11) is 0. The SMILES string of the molecule is O=C(O)C[C@H](NC(=O)C1CCN(C(=O)OCCNC2=NCCN2)CC1)c1cccnc1. The summed E-state index contributed by atoms with van der Waals surface area (Å²) in [5.41, 5.74) is 0.645. The molecule has 1 saturated heterocycles. The van der Waals surface area contributed by atoms with Crippen molar-refractivity contribution in [2.75, 3.05) is 39.3 Å². The Morgan fingerprint density at radius 1 is 1.32 bits per heavy atom. The van der Waals surface area contributed by atoms with E-state index < -0.39 is 18.1 Å². The van der Waals surface area contributed by atoms with Crippen LogP contribution in [0.2, 0.25) is 0 Å². The fourth-order valence-electron chi connectivity index (χ4n) is 3.54. The van der Waals surface area contributed by atoms with Gasteiger partial charge in [-0.05, 0) is 24.5 Å². The zero-order valence-electron chi connectivity index (χ0n) is 17.2. The summed E-state index contributed by atoms with van der Waals surface area (Å²) in [6.45, 7) is 3.07. The highest BCUT2D eigenvalue weighted by Crippen LogP contribution is 2.21. The van der Waals surface area contributed by atoms with E-state index in [2.05, 4.69) is 25.9 Å². The van der Waals surface area contributed by atoms with Gasteiger partial charge in [-0.1, -0.05) is 6.07 Å². The first-order valence-electron chi connectivity index (χ1n) is 10.4. The molecule has 0 radical (unpaired) electrons. The summed E-state index contributed by atoms with van der Waals surface area (Å²) in [5.74, 6) is -0.783. The third-order valence-electron chi connectivity index (χ3n) is 5.20. The Hall–Kier alpha value is -3.37. The molecule has 2 aliphatic rings. The molecule has 0 spiro atoms. The molecule has 168 valence electrons. The molecule has 31 heavy (non-hydrogen) atoms. The lowest BCUT2D eigenvalue weighted by atomic mass is 9.95. The Kier molecular flexibility index (Phi) is 8.02. The first-order chi connectivity index (χ1) is 15.0. The van der Waals surface area contributed by atoms with Crippen molar-refractivity contribution in [3.05, 3.63) is 30.1 Å². The molecular formula is C20H28N6O5. The molecule has 0 aromatic carbocycles. The van der Waals surface area contributed by atoms with Gasteiger partial charge in [-0.25, -0.2) is 4.79 Å². The lowest BCUT2D eigenvalue weighted by Gasteiger charge is -2.31. The van der Waals surface area contributed by atoms with Crippen LogP contribution >= 0.6 is 0 Å². The molecule has 0 aliphatic carbocycles. The van der Waals surface area contributed by atoms with Crippen LogP contribution in [-0.4, -0.2) is 78.3 Å². The molecule has 2 aliphatic heterocycles. The number of guanidine groups is 1. The molecule has 0 bridgehead atoms. The number of rotatable bonds is 8. The molecule has 4 N–H and O–H groups in total. The number of aromatic nitrogens is 1. The molecule has 3 rings (SSSR count). The average molecular weight is 432 g/mol. The fourth-order valence-corrected chi connectivity index (χ4v) is 3.54. The maximum atomic E-state index is 12.7. The zero-order chi connectivity index (χ0) is 22.1. The number of amides is 2. The number of carbonyl (C=O) groups is 3. The Morgan fingerprint density at radius 2 is 2.13 bits per heavy atom. The number of ether oxygens (including phenoxy) is 1. The Bertz CT molecular complexity index is 795. The molecule has 1 atom stereocenters. The van der Waals surface area contributed by atoms with Gasteiger partial charge in [0.2, 0.25) is 5.91 Å². The van der Waals surface area contributed by atoms with Crippen molar-refractivity contribution in [2.24, 2.45) is 10.9 Å². The van der Waals surface area contributed by atoms with Crippen LogP contribution in [0, 0.1) is 5.92 Å². The Morgan fingerprint density at radius 3 is 2.77 bits per heavy atom. The number of piperidine rings is 1. The number of carbonyl (C=O) groups excluding carboxylic acids is 2. The quantitative estimate of drug-likeness (QED) is 0.424. The van der Waals surface area contributed by atoms with Gasteiger partial charge in [0.05, 0.1) is 25.6 Å². The second-order valence-electron chi connectivity index (χ2n) is 7.40. The smallest absolute Gasteiger partial charge is 0.409 e. The van der Waals surface area contributed by atoms with Crippen molar-refractivity contribution in [3.8, 4) is 0 Å². The maximum absolute atomic E-state index is 12.7. The summed E-state index contributed by atoms with van der Waals surface area (Å²) in [4.78, 5) is 45.9. The van der Waals surface area contributed by atoms with Crippen molar-refractivity contribution in [1.82, 2.24) is 25.8 Å². The minimum Gasteiger partial charge on any atom is -0.481 e. The van der Waals surface area contributed by atoms with E-state index in [1.165, 1.54) is 0 Å². The number of nitrogens with one attached hydrogen (secondary N) is 3. The number of carboxylic acid groups (broad SMARTS) is 1. The summed E-state index contributed by atoms with van der Waals surface area (Å²) in [6.07, 6.45) is 3.50. The van der Waals surface area contributed by atoms with Crippen LogP contribution in [0.25, 0.3) is 0 Å². The number of carboxylic acids is 1. The third kappa shape index (κ3) is 6.83. The van der Waals surface area contributed by atoms with Crippen molar-refractivity contribution in [1.29, 1.82) is 0 Å². The molecule has 0 saturated carbocycles. The molecule has 1 aromatic heterocycles. The van der Waals surface area contributed by atoms with Crippen LogP contribution in [0.3, 0.4) is 0 Å². The molecule has 11 nitrogen and oxygen atoms in total. The van der Waals surface area contributed by atoms with Gasteiger partial charge in [0.25, 0.3) is 0 Å². The van der Waals surface area contributed by atoms with E-state index in [0.29, 0.717) is 38.0 Å². The van der Waals surface area contributed by atoms with Gasteiger partial charge in [-0.3, -0.25) is 19.6 Å². The molecule has 3 heterocycles. The highest BCUT2D eigenvalue weighted by atomic mass is 16.6. The van der Waals surface area contributed by atoms with Crippen molar-refractivity contribution >= 4 is 23.9 Å². The van der Waals surface area contributed by atoms with Crippen LogP contribution in [0.1, 0.15) is 30.9 Å². The van der Waals surface area contributed by atoms with Gasteiger partial charge in [-0.2, -0.15) is 0 Å². The minimum absolute atomic E-state index is 0.211. The van der Waals surface area contributed by atoms with Gasteiger partial charge in [0.15, 0.2) is 5.96 Å². The number of hydrogen-bond donors (Lipinski definition) is 4. The number of likely N-dealkylation sites (tertiary alicyclic amines) is 1. The number of aliphatic imine (C=N–C) groups is 1. The predicted octanol–water partition coefficient (Wildman–Crippen LogP) is 0.111. The third-order valence-corrected chi connectivity index (χ3v) is 5.20. The van der Waals surface area contributed by atoms with Crippen molar-refractivity contribution in [3.63, 3.8) is 0 Å². The Balaban J connectivity index is 1.40.